The quantitative estimate of drug-likeness (QED) is 0.362. The highest BCUT2D eigenvalue weighted by molar-refractivity contribution is 14.0. The topological polar surface area (TPSA) is 57.2 Å². The molecule has 0 aliphatic carbocycles. The Morgan fingerprint density at radius 3 is 2.57 bits per heavy atom. The Kier molecular flexibility index (Phi) is 9.59. The number of amides is 1. The van der Waals surface area contributed by atoms with Gasteiger partial charge in [0.15, 0.2) is 5.96 Å². The summed E-state index contributed by atoms with van der Waals surface area (Å²) in [5.41, 5.74) is 1.05. The van der Waals surface area contributed by atoms with Crippen LogP contribution in [0.3, 0.4) is 0 Å². The van der Waals surface area contributed by atoms with Gasteiger partial charge in [-0.25, -0.2) is 0 Å². The number of rotatable bonds is 4. The van der Waals surface area contributed by atoms with Gasteiger partial charge in [0.25, 0.3) is 5.91 Å². The number of halogens is 3. The minimum atomic E-state index is -0.238. The van der Waals surface area contributed by atoms with Crippen molar-refractivity contribution in [1.82, 2.24) is 15.1 Å². The zero-order valence-electron chi connectivity index (χ0n) is 16.0. The molecule has 0 radical (unpaired) electrons. The summed E-state index contributed by atoms with van der Waals surface area (Å²) in [5, 5.41) is 4.71. The lowest BCUT2D eigenvalue weighted by atomic mass is 10.1. The second-order valence-electron chi connectivity index (χ2n) is 6.77. The summed E-state index contributed by atoms with van der Waals surface area (Å²) in [6.45, 7) is 4.35. The molecule has 0 spiro atoms. The Morgan fingerprint density at radius 1 is 1.25 bits per heavy atom. The number of piperazine rings is 1. The second kappa shape index (κ2) is 11.4. The molecule has 9 heteroatoms. The standard InChI is InChI=1S/C19H26Cl2N4O2.HI/c1-22-19(23-7-6-14-4-5-15(20)13-16(14)21)25-10-8-24(9-11-25)18(26)17-3-2-12-27-17;/h4-5,13,17H,2-3,6-12H2,1H3,(H,22,23);1H. The van der Waals surface area contributed by atoms with E-state index in [1.54, 1.807) is 13.1 Å². The van der Waals surface area contributed by atoms with Gasteiger partial charge in [0, 0.05) is 56.4 Å². The molecule has 1 atom stereocenters. The summed E-state index contributed by atoms with van der Waals surface area (Å²) in [5.74, 6) is 0.983. The Bertz CT molecular complexity index is 691. The van der Waals surface area contributed by atoms with E-state index in [1.807, 2.05) is 17.0 Å². The monoisotopic (exact) mass is 540 g/mol. The lowest BCUT2D eigenvalue weighted by molar-refractivity contribution is -0.142. The van der Waals surface area contributed by atoms with Gasteiger partial charge in [0.1, 0.15) is 6.10 Å². The van der Waals surface area contributed by atoms with Crippen LogP contribution in [0.25, 0.3) is 0 Å². The Labute approximate surface area is 193 Å². The molecule has 0 saturated carbocycles. The maximum absolute atomic E-state index is 12.4. The van der Waals surface area contributed by atoms with Gasteiger partial charge in [0.2, 0.25) is 0 Å². The second-order valence-corrected chi connectivity index (χ2v) is 7.62. The van der Waals surface area contributed by atoms with E-state index in [-0.39, 0.29) is 36.0 Å². The molecule has 2 fully saturated rings. The first-order valence-electron chi connectivity index (χ1n) is 9.38. The molecule has 1 aromatic carbocycles. The summed E-state index contributed by atoms with van der Waals surface area (Å²) < 4.78 is 5.52. The van der Waals surface area contributed by atoms with E-state index in [4.69, 9.17) is 27.9 Å². The van der Waals surface area contributed by atoms with Crippen molar-refractivity contribution in [1.29, 1.82) is 0 Å². The van der Waals surface area contributed by atoms with Gasteiger partial charge in [-0.15, -0.1) is 24.0 Å². The van der Waals surface area contributed by atoms with Crippen LogP contribution < -0.4 is 5.32 Å². The smallest absolute Gasteiger partial charge is 0.251 e. The van der Waals surface area contributed by atoms with Crippen LogP contribution in [0.1, 0.15) is 18.4 Å². The van der Waals surface area contributed by atoms with E-state index >= 15 is 0 Å². The maximum Gasteiger partial charge on any atom is 0.251 e. The van der Waals surface area contributed by atoms with Crippen LogP contribution in [0.4, 0.5) is 0 Å². The molecule has 1 aromatic rings. The van der Waals surface area contributed by atoms with Gasteiger partial charge >= 0.3 is 0 Å². The normalized spacial score (nSPS) is 20.1. The van der Waals surface area contributed by atoms with Crippen molar-refractivity contribution in [2.45, 2.75) is 25.4 Å². The number of hydrogen-bond acceptors (Lipinski definition) is 3. The van der Waals surface area contributed by atoms with Crippen LogP contribution in [-0.4, -0.2) is 74.1 Å². The van der Waals surface area contributed by atoms with E-state index in [2.05, 4.69) is 15.2 Å². The third-order valence-corrected chi connectivity index (χ3v) is 5.59. The molecule has 6 nitrogen and oxygen atoms in total. The average Bonchev–Trinajstić information content (AvgIpc) is 3.21. The molecule has 2 aliphatic rings. The van der Waals surface area contributed by atoms with Gasteiger partial charge in [-0.3, -0.25) is 9.79 Å². The molecule has 2 saturated heterocycles. The molecular formula is C19H27Cl2IN4O2. The highest BCUT2D eigenvalue weighted by Gasteiger charge is 2.30. The number of guanidine groups is 1. The van der Waals surface area contributed by atoms with E-state index in [0.29, 0.717) is 29.7 Å². The van der Waals surface area contributed by atoms with Crippen LogP contribution in [0, 0.1) is 0 Å². The van der Waals surface area contributed by atoms with Crippen molar-refractivity contribution in [3.05, 3.63) is 33.8 Å². The molecule has 3 rings (SSSR count). The SMILES string of the molecule is CN=C(NCCc1ccc(Cl)cc1Cl)N1CCN(C(=O)C2CCCO2)CC1.I. The third kappa shape index (κ3) is 6.11. The number of hydrogen-bond donors (Lipinski definition) is 1. The van der Waals surface area contributed by atoms with Gasteiger partial charge in [-0.05, 0) is 37.0 Å². The largest absolute Gasteiger partial charge is 0.368 e. The molecule has 0 aromatic heterocycles. The fraction of sp³-hybridized carbons (Fsp3) is 0.579. The Morgan fingerprint density at radius 2 is 1.96 bits per heavy atom. The van der Waals surface area contributed by atoms with Crippen LogP contribution in [0.2, 0.25) is 10.0 Å². The maximum atomic E-state index is 12.4. The van der Waals surface area contributed by atoms with E-state index in [1.165, 1.54) is 0 Å². The van der Waals surface area contributed by atoms with Crippen molar-refractivity contribution in [3.63, 3.8) is 0 Å². The van der Waals surface area contributed by atoms with Crippen LogP contribution in [0.5, 0.6) is 0 Å². The van der Waals surface area contributed by atoms with Crippen molar-refractivity contribution in [3.8, 4) is 0 Å². The number of nitrogens with one attached hydrogen (secondary N) is 1. The molecule has 2 heterocycles. The fourth-order valence-corrected chi connectivity index (χ4v) is 3.98. The van der Waals surface area contributed by atoms with E-state index in [9.17, 15) is 4.79 Å². The van der Waals surface area contributed by atoms with Crippen molar-refractivity contribution in [2.24, 2.45) is 4.99 Å². The predicted molar refractivity (Wildman–Crippen MR) is 124 cm³/mol. The van der Waals surface area contributed by atoms with E-state index < -0.39 is 0 Å². The van der Waals surface area contributed by atoms with Crippen LogP contribution in [0.15, 0.2) is 23.2 Å². The van der Waals surface area contributed by atoms with Crippen LogP contribution in [-0.2, 0) is 16.0 Å². The first-order valence-corrected chi connectivity index (χ1v) is 10.1. The minimum Gasteiger partial charge on any atom is -0.368 e. The molecule has 1 amide bonds. The van der Waals surface area contributed by atoms with Gasteiger partial charge in [0.05, 0.1) is 0 Å². The van der Waals surface area contributed by atoms with Gasteiger partial charge in [-0.1, -0.05) is 29.3 Å². The Balaban J connectivity index is 0.00000280. The number of ether oxygens (including phenoxy) is 1. The summed E-state index contributed by atoms with van der Waals surface area (Å²) >= 11 is 12.2. The lowest BCUT2D eigenvalue weighted by Crippen LogP contribution is -2.55. The number of nitrogens with zero attached hydrogens (tertiary/aromatic N) is 3. The number of aliphatic imine (C=N–C) groups is 1. The molecule has 0 bridgehead atoms. The zero-order valence-corrected chi connectivity index (χ0v) is 19.8. The molecule has 1 unspecified atom stereocenters. The summed E-state index contributed by atoms with van der Waals surface area (Å²) in [6.07, 6.45) is 2.37. The fourth-order valence-electron chi connectivity index (χ4n) is 3.48. The minimum absolute atomic E-state index is 0. The summed E-state index contributed by atoms with van der Waals surface area (Å²) in [4.78, 5) is 20.9. The average molecular weight is 541 g/mol. The zero-order chi connectivity index (χ0) is 19.2. The number of carbonyl (C=O) groups excluding carboxylic acids is 1. The van der Waals surface area contributed by atoms with E-state index in [0.717, 1.165) is 50.4 Å². The Hall–Kier alpha value is -0.770. The number of carbonyl (C=O) groups is 1. The number of benzene rings is 1. The highest BCUT2D eigenvalue weighted by Crippen LogP contribution is 2.21. The summed E-state index contributed by atoms with van der Waals surface area (Å²) in [7, 11) is 1.78. The summed E-state index contributed by atoms with van der Waals surface area (Å²) in [6, 6.07) is 5.56. The third-order valence-electron chi connectivity index (χ3n) is 5.00. The molecule has 1 N–H and O–H groups in total. The van der Waals surface area contributed by atoms with Crippen LogP contribution >= 0.6 is 47.2 Å². The first-order chi connectivity index (χ1) is 13.1. The van der Waals surface area contributed by atoms with Crippen molar-refractivity contribution < 1.29 is 9.53 Å². The predicted octanol–water partition coefficient (Wildman–Crippen LogP) is 3.05. The molecule has 28 heavy (non-hydrogen) atoms. The molecular weight excluding hydrogens is 514 g/mol. The van der Waals surface area contributed by atoms with Crippen molar-refractivity contribution >= 4 is 59.0 Å². The first kappa shape index (κ1) is 23.5. The molecule has 2 aliphatic heterocycles. The van der Waals surface area contributed by atoms with Gasteiger partial charge < -0.3 is 19.9 Å². The van der Waals surface area contributed by atoms with Crippen molar-refractivity contribution in [2.75, 3.05) is 46.4 Å². The van der Waals surface area contributed by atoms with Gasteiger partial charge in [-0.2, -0.15) is 0 Å². The lowest BCUT2D eigenvalue weighted by Gasteiger charge is -2.37. The molecule has 156 valence electrons. The highest BCUT2D eigenvalue weighted by atomic mass is 127.